The van der Waals surface area contributed by atoms with Crippen molar-refractivity contribution in [3.8, 4) is 11.7 Å². The van der Waals surface area contributed by atoms with Gasteiger partial charge in [-0.1, -0.05) is 25.4 Å². The Morgan fingerprint density at radius 1 is 1.33 bits per heavy atom. The molecule has 3 heterocycles. The standard InChI is InChI=1S/C8H5ClN6O.C2H6/c9-4-3-5-13-6(7-11-1-2-16-7)14-15(5)8(10)12-4;1-2/h1-3H,(H2,10,12);1-2H3. The smallest absolute Gasteiger partial charge is 0.266 e. The van der Waals surface area contributed by atoms with Crippen LogP contribution in [-0.4, -0.2) is 24.6 Å². The molecule has 0 saturated carbocycles. The lowest BCUT2D eigenvalue weighted by atomic mass is 10.6. The van der Waals surface area contributed by atoms with Gasteiger partial charge in [-0.15, -0.1) is 5.10 Å². The third kappa shape index (κ3) is 2.12. The first-order valence-electron chi connectivity index (χ1n) is 5.33. The molecular formula is C10H11ClN6O. The minimum atomic E-state index is 0.160. The Morgan fingerprint density at radius 2 is 2.11 bits per heavy atom. The number of nitrogens with two attached hydrogens (primary N) is 1. The predicted molar refractivity (Wildman–Crippen MR) is 67.0 cm³/mol. The van der Waals surface area contributed by atoms with Gasteiger partial charge in [-0.25, -0.2) is 15.0 Å². The van der Waals surface area contributed by atoms with E-state index < -0.39 is 0 Å². The first-order chi connectivity index (χ1) is 8.74. The Balaban J connectivity index is 0.000000574. The van der Waals surface area contributed by atoms with Gasteiger partial charge in [0.25, 0.3) is 5.89 Å². The van der Waals surface area contributed by atoms with E-state index in [1.165, 1.54) is 17.0 Å². The Kier molecular flexibility index (Phi) is 3.42. The van der Waals surface area contributed by atoms with Crippen LogP contribution in [0, 0.1) is 0 Å². The Labute approximate surface area is 108 Å². The van der Waals surface area contributed by atoms with E-state index in [0.717, 1.165) is 0 Å². The molecule has 0 aliphatic heterocycles. The zero-order valence-corrected chi connectivity index (χ0v) is 10.6. The molecule has 0 aliphatic rings. The quantitative estimate of drug-likeness (QED) is 0.677. The summed E-state index contributed by atoms with van der Waals surface area (Å²) in [5.74, 6) is 0.813. The van der Waals surface area contributed by atoms with Crippen LogP contribution in [0.3, 0.4) is 0 Å². The largest absolute Gasteiger partial charge is 0.442 e. The van der Waals surface area contributed by atoms with Crippen molar-refractivity contribution in [3.63, 3.8) is 0 Å². The van der Waals surface area contributed by atoms with Gasteiger partial charge in [0.2, 0.25) is 11.8 Å². The minimum absolute atomic E-state index is 0.160. The summed E-state index contributed by atoms with van der Waals surface area (Å²) in [6.45, 7) is 4.00. The van der Waals surface area contributed by atoms with Crippen molar-refractivity contribution < 1.29 is 4.42 Å². The lowest BCUT2D eigenvalue weighted by Gasteiger charge is -1.95. The zero-order chi connectivity index (χ0) is 13.1. The van der Waals surface area contributed by atoms with Gasteiger partial charge in [0.1, 0.15) is 11.4 Å². The van der Waals surface area contributed by atoms with Crippen LogP contribution in [-0.2, 0) is 0 Å². The molecule has 0 fully saturated rings. The number of rotatable bonds is 1. The molecule has 0 radical (unpaired) electrons. The number of anilines is 1. The van der Waals surface area contributed by atoms with Crippen molar-refractivity contribution in [2.75, 3.05) is 5.73 Å². The van der Waals surface area contributed by atoms with Crippen molar-refractivity contribution in [2.45, 2.75) is 13.8 Å². The summed E-state index contributed by atoms with van der Waals surface area (Å²) in [5, 5.41) is 4.36. The molecule has 0 unspecified atom stereocenters. The van der Waals surface area contributed by atoms with Crippen LogP contribution in [0.5, 0.6) is 0 Å². The molecule has 7 nitrogen and oxygen atoms in total. The van der Waals surface area contributed by atoms with Crippen molar-refractivity contribution in [3.05, 3.63) is 23.7 Å². The molecule has 0 atom stereocenters. The summed E-state index contributed by atoms with van der Waals surface area (Å²) >= 11 is 5.75. The first-order valence-corrected chi connectivity index (χ1v) is 5.70. The molecule has 3 aromatic rings. The average Bonchev–Trinajstić information content (AvgIpc) is 2.98. The summed E-state index contributed by atoms with van der Waals surface area (Å²) in [4.78, 5) is 12.0. The van der Waals surface area contributed by atoms with Gasteiger partial charge in [0.15, 0.2) is 5.65 Å². The van der Waals surface area contributed by atoms with Gasteiger partial charge in [-0.05, 0) is 0 Å². The van der Waals surface area contributed by atoms with Crippen LogP contribution in [0.15, 0.2) is 22.9 Å². The number of hydrogen-bond acceptors (Lipinski definition) is 6. The summed E-state index contributed by atoms with van der Waals surface area (Å²) in [6, 6.07) is 1.55. The van der Waals surface area contributed by atoms with Crippen molar-refractivity contribution in [1.82, 2.24) is 24.6 Å². The topological polar surface area (TPSA) is 95.1 Å². The van der Waals surface area contributed by atoms with Gasteiger partial charge in [0, 0.05) is 6.07 Å². The molecule has 0 aromatic carbocycles. The fourth-order valence-corrected chi connectivity index (χ4v) is 1.49. The van der Waals surface area contributed by atoms with E-state index in [-0.39, 0.29) is 11.1 Å². The van der Waals surface area contributed by atoms with E-state index in [9.17, 15) is 0 Å². The second kappa shape index (κ2) is 5.01. The van der Waals surface area contributed by atoms with Gasteiger partial charge < -0.3 is 10.2 Å². The van der Waals surface area contributed by atoms with E-state index in [4.69, 9.17) is 21.8 Å². The molecule has 8 heteroatoms. The molecule has 94 valence electrons. The van der Waals surface area contributed by atoms with Crippen LogP contribution >= 0.6 is 11.6 Å². The monoisotopic (exact) mass is 266 g/mol. The zero-order valence-electron chi connectivity index (χ0n) is 9.83. The molecule has 0 bridgehead atoms. The highest BCUT2D eigenvalue weighted by molar-refractivity contribution is 6.29. The number of fused-ring (bicyclic) bond motifs is 1. The van der Waals surface area contributed by atoms with Crippen molar-refractivity contribution in [2.24, 2.45) is 0 Å². The van der Waals surface area contributed by atoms with Gasteiger partial charge in [-0.3, -0.25) is 0 Å². The number of oxazole rings is 1. The van der Waals surface area contributed by atoms with Crippen LogP contribution in [0.2, 0.25) is 5.15 Å². The molecule has 18 heavy (non-hydrogen) atoms. The molecule has 0 saturated heterocycles. The highest BCUT2D eigenvalue weighted by Crippen LogP contribution is 2.17. The molecule has 3 rings (SSSR count). The average molecular weight is 267 g/mol. The van der Waals surface area contributed by atoms with Crippen LogP contribution in [0.4, 0.5) is 5.95 Å². The Bertz CT molecular complexity index is 648. The third-order valence-electron chi connectivity index (χ3n) is 1.94. The molecule has 0 aliphatic carbocycles. The maximum atomic E-state index is 5.75. The number of nitrogens with zero attached hydrogens (tertiary/aromatic N) is 5. The minimum Gasteiger partial charge on any atom is -0.442 e. The maximum Gasteiger partial charge on any atom is 0.266 e. The Hall–Kier alpha value is -2.15. The summed E-state index contributed by atoms with van der Waals surface area (Å²) < 4.78 is 6.44. The second-order valence-corrected chi connectivity index (χ2v) is 3.37. The van der Waals surface area contributed by atoms with Crippen LogP contribution in [0.25, 0.3) is 17.4 Å². The molecule has 3 aromatic heterocycles. The van der Waals surface area contributed by atoms with E-state index in [1.54, 1.807) is 6.07 Å². The highest BCUT2D eigenvalue weighted by atomic mass is 35.5. The first kappa shape index (κ1) is 12.3. The van der Waals surface area contributed by atoms with E-state index in [1.807, 2.05) is 13.8 Å². The number of nitrogen functional groups attached to an aromatic ring is 1. The molecular weight excluding hydrogens is 256 g/mol. The predicted octanol–water partition coefficient (Wildman–Crippen LogP) is 2.04. The second-order valence-electron chi connectivity index (χ2n) is 2.98. The number of aromatic nitrogens is 5. The third-order valence-corrected chi connectivity index (χ3v) is 2.14. The van der Waals surface area contributed by atoms with Gasteiger partial charge >= 0.3 is 0 Å². The van der Waals surface area contributed by atoms with E-state index in [0.29, 0.717) is 17.4 Å². The van der Waals surface area contributed by atoms with E-state index >= 15 is 0 Å². The molecule has 0 spiro atoms. The Morgan fingerprint density at radius 3 is 2.78 bits per heavy atom. The van der Waals surface area contributed by atoms with Crippen LogP contribution in [0.1, 0.15) is 13.8 Å². The SMILES string of the molecule is CC.Nc1nc(Cl)cc2nc(-c3ncco3)nn12. The van der Waals surface area contributed by atoms with Crippen molar-refractivity contribution >= 4 is 23.2 Å². The lowest BCUT2D eigenvalue weighted by molar-refractivity contribution is 0.569. The number of hydrogen-bond donors (Lipinski definition) is 1. The summed E-state index contributed by atoms with van der Waals surface area (Å²) in [5.41, 5.74) is 6.13. The van der Waals surface area contributed by atoms with Crippen LogP contribution < -0.4 is 5.73 Å². The normalized spacial score (nSPS) is 10.2. The summed E-state index contributed by atoms with van der Waals surface area (Å²) in [6.07, 6.45) is 2.95. The fraction of sp³-hybridized carbons (Fsp3) is 0.200. The van der Waals surface area contributed by atoms with Gasteiger partial charge in [0.05, 0.1) is 6.20 Å². The van der Waals surface area contributed by atoms with Crippen molar-refractivity contribution in [1.29, 1.82) is 0 Å². The van der Waals surface area contributed by atoms with E-state index in [2.05, 4.69) is 20.1 Å². The fourth-order valence-electron chi connectivity index (χ4n) is 1.31. The van der Waals surface area contributed by atoms with Gasteiger partial charge in [-0.2, -0.15) is 4.52 Å². The molecule has 0 amide bonds. The number of halogens is 1. The maximum absolute atomic E-state index is 5.75. The highest BCUT2D eigenvalue weighted by Gasteiger charge is 2.12. The summed E-state index contributed by atoms with van der Waals surface area (Å²) in [7, 11) is 0. The molecule has 2 N–H and O–H groups in total. The lowest BCUT2D eigenvalue weighted by Crippen LogP contribution is -2.01.